The molecule has 1 aliphatic heterocycles. The molecule has 1 aromatic rings. The van der Waals surface area contributed by atoms with Gasteiger partial charge in [0.25, 0.3) is 0 Å². The number of benzene rings is 1. The van der Waals surface area contributed by atoms with Gasteiger partial charge in [0, 0.05) is 0 Å². The van der Waals surface area contributed by atoms with Crippen molar-refractivity contribution in [3.63, 3.8) is 0 Å². The van der Waals surface area contributed by atoms with Crippen molar-refractivity contribution in [2.24, 2.45) is 0 Å². The molecule has 18 heavy (non-hydrogen) atoms. The van der Waals surface area contributed by atoms with Gasteiger partial charge < -0.3 is 9.31 Å². The van der Waals surface area contributed by atoms with E-state index in [-0.39, 0.29) is 18.3 Å². The molecule has 0 aliphatic carbocycles. The largest absolute Gasteiger partial charge is 0.494 e. The smallest absolute Gasteiger partial charge is 0.399 e. The number of hydrogen-bond donors (Lipinski definition) is 0. The lowest BCUT2D eigenvalue weighted by Gasteiger charge is -2.32. The first-order chi connectivity index (χ1) is 8.27. The molecule has 0 atom stereocenters. The van der Waals surface area contributed by atoms with Gasteiger partial charge in [-0.3, -0.25) is 0 Å². The molecule has 0 aromatic heterocycles. The summed E-state index contributed by atoms with van der Waals surface area (Å²) in [5, 5.41) is 0. The third-order valence-corrected chi connectivity index (χ3v) is 4.28. The van der Waals surface area contributed by atoms with Crippen LogP contribution in [0.3, 0.4) is 0 Å². The van der Waals surface area contributed by atoms with E-state index in [1.54, 1.807) is 0 Å². The molecule has 1 aliphatic rings. The van der Waals surface area contributed by atoms with E-state index in [0.717, 1.165) is 11.9 Å². The van der Waals surface area contributed by atoms with Crippen molar-refractivity contribution in [1.82, 2.24) is 0 Å². The van der Waals surface area contributed by atoms with Gasteiger partial charge in [-0.15, -0.1) is 0 Å². The van der Waals surface area contributed by atoms with Gasteiger partial charge in [0.2, 0.25) is 0 Å². The Kier molecular flexibility index (Phi) is 3.33. The van der Waals surface area contributed by atoms with Crippen molar-refractivity contribution in [2.45, 2.75) is 59.2 Å². The first-order valence-corrected chi connectivity index (χ1v) is 6.72. The molecule has 0 radical (unpaired) electrons. The summed E-state index contributed by atoms with van der Waals surface area (Å²) in [6, 6.07) is 6.47. The molecule has 2 nitrogen and oxygen atoms in total. The Balaban J connectivity index is 2.30. The highest BCUT2D eigenvalue weighted by Gasteiger charge is 2.51. The van der Waals surface area contributed by atoms with E-state index in [2.05, 4.69) is 59.7 Å². The maximum Gasteiger partial charge on any atom is 0.494 e. The summed E-state index contributed by atoms with van der Waals surface area (Å²) >= 11 is 0. The Hall–Kier alpha value is -0.795. The molecule has 0 amide bonds. The van der Waals surface area contributed by atoms with Crippen LogP contribution in [-0.4, -0.2) is 18.3 Å². The minimum atomic E-state index is -0.269. The monoisotopic (exact) mass is 246 g/mol. The maximum atomic E-state index is 6.07. The fourth-order valence-corrected chi connectivity index (χ4v) is 2.20. The van der Waals surface area contributed by atoms with E-state index in [4.69, 9.17) is 9.31 Å². The molecule has 3 heteroatoms. The summed E-state index contributed by atoms with van der Waals surface area (Å²) in [7, 11) is -0.249. The normalized spacial score (nSPS) is 21.3. The summed E-state index contributed by atoms with van der Waals surface area (Å²) < 4.78 is 12.1. The molecule has 0 spiro atoms. The van der Waals surface area contributed by atoms with E-state index in [0.29, 0.717) is 0 Å². The van der Waals surface area contributed by atoms with Crippen molar-refractivity contribution in [1.29, 1.82) is 0 Å². The van der Waals surface area contributed by atoms with Gasteiger partial charge in [-0.1, -0.05) is 25.1 Å². The summed E-state index contributed by atoms with van der Waals surface area (Å²) in [5.41, 5.74) is 3.28. The van der Waals surface area contributed by atoms with Gasteiger partial charge in [0.1, 0.15) is 0 Å². The van der Waals surface area contributed by atoms with Crippen molar-refractivity contribution >= 4 is 12.6 Å². The third-order valence-electron chi connectivity index (χ3n) is 4.28. The predicted octanol–water partition coefficient (Wildman–Crippen LogP) is 2.86. The Bertz CT molecular complexity index is 436. The molecule has 0 bridgehead atoms. The zero-order valence-corrected chi connectivity index (χ0v) is 12.3. The van der Waals surface area contributed by atoms with Gasteiger partial charge in [-0.2, -0.15) is 0 Å². The summed E-state index contributed by atoms with van der Waals surface area (Å²) in [4.78, 5) is 0. The molecule has 1 saturated heterocycles. The fourth-order valence-electron chi connectivity index (χ4n) is 2.20. The summed E-state index contributed by atoms with van der Waals surface area (Å²) in [6.45, 7) is 12.7. The van der Waals surface area contributed by atoms with Crippen LogP contribution in [-0.2, 0) is 15.7 Å². The van der Waals surface area contributed by atoms with Crippen LogP contribution in [0.5, 0.6) is 0 Å². The van der Waals surface area contributed by atoms with Gasteiger partial charge >= 0.3 is 7.12 Å². The Labute approximate surface area is 111 Å². The first-order valence-electron chi connectivity index (χ1n) is 6.72. The van der Waals surface area contributed by atoms with Crippen LogP contribution in [0.2, 0.25) is 0 Å². The van der Waals surface area contributed by atoms with Crippen LogP contribution in [0.15, 0.2) is 18.2 Å². The molecule has 0 unspecified atom stereocenters. The maximum absolute atomic E-state index is 6.07. The highest BCUT2D eigenvalue weighted by atomic mass is 16.7. The van der Waals surface area contributed by atoms with Crippen molar-refractivity contribution < 1.29 is 9.31 Å². The molecular weight excluding hydrogens is 223 g/mol. The van der Waals surface area contributed by atoms with Crippen LogP contribution in [0, 0.1) is 6.92 Å². The zero-order valence-electron chi connectivity index (χ0n) is 12.3. The highest BCUT2D eigenvalue weighted by Crippen LogP contribution is 2.36. The van der Waals surface area contributed by atoms with E-state index in [9.17, 15) is 0 Å². The molecule has 98 valence electrons. The Morgan fingerprint density at radius 2 is 1.61 bits per heavy atom. The highest BCUT2D eigenvalue weighted by molar-refractivity contribution is 6.62. The minimum Gasteiger partial charge on any atom is -0.399 e. The third kappa shape index (κ3) is 2.22. The zero-order chi connectivity index (χ0) is 13.6. The lowest BCUT2D eigenvalue weighted by molar-refractivity contribution is 0.00578. The molecule has 2 rings (SSSR count). The second-order valence-electron chi connectivity index (χ2n) is 6.13. The van der Waals surface area contributed by atoms with E-state index in [1.807, 2.05) is 0 Å². The Morgan fingerprint density at radius 3 is 2.11 bits per heavy atom. The number of hydrogen-bond acceptors (Lipinski definition) is 2. The predicted molar refractivity (Wildman–Crippen MR) is 76.3 cm³/mol. The fraction of sp³-hybridized carbons (Fsp3) is 0.600. The van der Waals surface area contributed by atoms with Gasteiger partial charge in [0.05, 0.1) is 11.2 Å². The van der Waals surface area contributed by atoms with Crippen LogP contribution >= 0.6 is 0 Å². The topological polar surface area (TPSA) is 18.5 Å². The molecule has 1 fully saturated rings. The second-order valence-corrected chi connectivity index (χ2v) is 6.13. The lowest BCUT2D eigenvalue weighted by Crippen LogP contribution is -2.41. The van der Waals surface area contributed by atoms with Gasteiger partial charge in [-0.25, -0.2) is 0 Å². The summed E-state index contributed by atoms with van der Waals surface area (Å²) in [6.07, 6.45) is 1.04. The molecule has 1 heterocycles. The van der Waals surface area contributed by atoms with Gasteiger partial charge in [0.15, 0.2) is 0 Å². The minimum absolute atomic E-state index is 0.249. The second kappa shape index (κ2) is 4.39. The molecule has 1 aromatic carbocycles. The standard InChI is InChI=1S/C15H23BO2/c1-7-12-10-13(9-8-11(12)2)16-17-14(3,4)15(5,6)18-16/h8-10H,7H2,1-6H3. The van der Waals surface area contributed by atoms with Crippen LogP contribution in [0.4, 0.5) is 0 Å². The number of aryl methyl sites for hydroxylation is 2. The van der Waals surface area contributed by atoms with Gasteiger partial charge in [-0.05, 0) is 57.6 Å². The first kappa shape index (κ1) is 13.6. The van der Waals surface area contributed by atoms with E-state index >= 15 is 0 Å². The molecule has 0 N–H and O–H groups in total. The van der Waals surface area contributed by atoms with E-state index < -0.39 is 0 Å². The average molecular weight is 246 g/mol. The average Bonchev–Trinajstić information content (AvgIpc) is 2.49. The lowest BCUT2D eigenvalue weighted by atomic mass is 9.77. The van der Waals surface area contributed by atoms with Crippen molar-refractivity contribution in [3.05, 3.63) is 29.3 Å². The molecule has 0 saturated carbocycles. The Morgan fingerprint density at radius 1 is 1.06 bits per heavy atom. The molecular formula is C15H23BO2. The van der Waals surface area contributed by atoms with Crippen LogP contribution in [0.1, 0.15) is 45.7 Å². The summed E-state index contributed by atoms with van der Waals surface area (Å²) in [5.74, 6) is 0. The van der Waals surface area contributed by atoms with E-state index in [1.165, 1.54) is 11.1 Å². The van der Waals surface area contributed by atoms with Crippen LogP contribution in [0.25, 0.3) is 0 Å². The quantitative estimate of drug-likeness (QED) is 0.747. The SMILES string of the molecule is CCc1cc(B2OC(C)(C)C(C)(C)O2)ccc1C. The van der Waals surface area contributed by atoms with Crippen molar-refractivity contribution in [3.8, 4) is 0 Å². The number of rotatable bonds is 2. The van der Waals surface area contributed by atoms with Crippen LogP contribution < -0.4 is 5.46 Å². The van der Waals surface area contributed by atoms with Crippen molar-refractivity contribution in [2.75, 3.05) is 0 Å².